The van der Waals surface area contributed by atoms with Gasteiger partial charge >= 0.3 is 5.97 Å². The second kappa shape index (κ2) is 6.11. The minimum Gasteiger partial charge on any atom is -0.465 e. The number of rotatable bonds is 7. The van der Waals surface area contributed by atoms with Gasteiger partial charge in [0.1, 0.15) is 0 Å². The Balaban J connectivity index is 2.03. The lowest BCUT2D eigenvalue weighted by atomic mass is 10.3. The molecular weight excluding hydrogens is 190 g/mol. The largest absolute Gasteiger partial charge is 0.465 e. The van der Waals surface area contributed by atoms with Crippen LogP contribution in [0.3, 0.4) is 0 Å². The van der Waals surface area contributed by atoms with E-state index in [2.05, 4.69) is 18.7 Å². The summed E-state index contributed by atoms with van der Waals surface area (Å²) in [6, 6.07) is 0. The maximum Gasteiger partial charge on any atom is 0.320 e. The van der Waals surface area contributed by atoms with Crippen molar-refractivity contribution >= 4 is 5.97 Å². The molecule has 0 heterocycles. The second-order valence-electron chi connectivity index (χ2n) is 4.74. The molecule has 0 spiro atoms. The van der Waals surface area contributed by atoms with E-state index in [9.17, 15) is 4.79 Å². The number of nitrogens with zero attached hydrogens (tertiary/aromatic N) is 1. The number of carbonyl (C=O) groups is 1. The summed E-state index contributed by atoms with van der Waals surface area (Å²) < 4.78 is 5.10. The molecule has 2 unspecified atom stereocenters. The van der Waals surface area contributed by atoms with E-state index in [4.69, 9.17) is 4.74 Å². The van der Waals surface area contributed by atoms with Crippen LogP contribution in [0.25, 0.3) is 0 Å². The van der Waals surface area contributed by atoms with Crippen molar-refractivity contribution in [2.45, 2.75) is 33.1 Å². The molecule has 88 valence electrons. The van der Waals surface area contributed by atoms with E-state index in [1.165, 1.54) is 6.42 Å². The van der Waals surface area contributed by atoms with E-state index in [1.807, 2.05) is 7.05 Å². The summed E-state index contributed by atoms with van der Waals surface area (Å²) in [7, 11) is 1.99. The highest BCUT2D eigenvalue weighted by molar-refractivity contribution is 5.71. The van der Waals surface area contributed by atoms with Crippen LogP contribution < -0.4 is 0 Å². The predicted molar refractivity (Wildman–Crippen MR) is 60.6 cm³/mol. The van der Waals surface area contributed by atoms with Crippen LogP contribution in [-0.4, -0.2) is 37.6 Å². The van der Waals surface area contributed by atoms with Gasteiger partial charge in [-0.05, 0) is 31.7 Å². The zero-order valence-electron chi connectivity index (χ0n) is 10.2. The van der Waals surface area contributed by atoms with Crippen molar-refractivity contribution in [1.82, 2.24) is 4.90 Å². The van der Waals surface area contributed by atoms with E-state index in [-0.39, 0.29) is 5.97 Å². The first-order chi connectivity index (χ1) is 7.13. The number of likely N-dealkylation sites (N-methyl/N-ethyl adjacent to an activating group) is 1. The first kappa shape index (κ1) is 12.5. The van der Waals surface area contributed by atoms with Gasteiger partial charge in [0, 0.05) is 6.54 Å². The molecule has 0 aromatic heterocycles. The molecular formula is C12H23NO2. The standard InChI is InChI=1S/C12H23NO2/c1-4-5-6-15-12(14)9-13(3)8-11-7-10(11)2/h10-11H,4-9H2,1-3H3. The Kier molecular flexibility index (Phi) is 5.09. The molecule has 0 amide bonds. The fourth-order valence-electron chi connectivity index (χ4n) is 1.71. The molecule has 0 aromatic carbocycles. The first-order valence-corrected chi connectivity index (χ1v) is 5.97. The molecule has 0 saturated heterocycles. The van der Waals surface area contributed by atoms with Crippen molar-refractivity contribution in [1.29, 1.82) is 0 Å². The van der Waals surface area contributed by atoms with Crippen molar-refractivity contribution in [2.24, 2.45) is 11.8 Å². The summed E-state index contributed by atoms with van der Waals surface area (Å²) in [5.74, 6) is 1.57. The molecule has 1 aliphatic carbocycles. The second-order valence-corrected chi connectivity index (χ2v) is 4.74. The zero-order chi connectivity index (χ0) is 11.3. The van der Waals surface area contributed by atoms with Crippen molar-refractivity contribution in [3.63, 3.8) is 0 Å². The fourth-order valence-corrected chi connectivity index (χ4v) is 1.71. The van der Waals surface area contributed by atoms with E-state index in [1.54, 1.807) is 0 Å². The molecule has 1 fully saturated rings. The number of esters is 1. The SMILES string of the molecule is CCCCOC(=O)CN(C)CC1CC1C. The van der Waals surface area contributed by atoms with Gasteiger partial charge in [0.25, 0.3) is 0 Å². The van der Waals surface area contributed by atoms with E-state index >= 15 is 0 Å². The third kappa shape index (κ3) is 5.17. The van der Waals surface area contributed by atoms with Crippen molar-refractivity contribution in [3.05, 3.63) is 0 Å². The van der Waals surface area contributed by atoms with Crippen LogP contribution in [0.1, 0.15) is 33.1 Å². The molecule has 2 atom stereocenters. The quantitative estimate of drug-likeness (QED) is 0.478. The molecule has 3 nitrogen and oxygen atoms in total. The van der Waals surface area contributed by atoms with Gasteiger partial charge in [-0.1, -0.05) is 20.3 Å². The summed E-state index contributed by atoms with van der Waals surface area (Å²) in [5, 5.41) is 0. The Labute approximate surface area is 92.8 Å². The lowest BCUT2D eigenvalue weighted by molar-refractivity contribution is -0.144. The van der Waals surface area contributed by atoms with Gasteiger partial charge in [-0.2, -0.15) is 0 Å². The molecule has 0 N–H and O–H groups in total. The molecule has 0 radical (unpaired) electrons. The topological polar surface area (TPSA) is 29.5 Å². The predicted octanol–water partition coefficient (Wildman–Crippen LogP) is 1.92. The molecule has 0 aliphatic heterocycles. The van der Waals surface area contributed by atoms with E-state index in [0.717, 1.165) is 31.2 Å². The van der Waals surface area contributed by atoms with Crippen LogP contribution in [0.2, 0.25) is 0 Å². The van der Waals surface area contributed by atoms with Crippen molar-refractivity contribution < 1.29 is 9.53 Å². The molecule has 1 aliphatic rings. The molecule has 0 aromatic rings. The Bertz CT molecular complexity index is 206. The number of ether oxygens (including phenoxy) is 1. The number of hydrogen-bond acceptors (Lipinski definition) is 3. The molecule has 0 bridgehead atoms. The Morgan fingerprint density at radius 2 is 2.20 bits per heavy atom. The third-order valence-corrected chi connectivity index (χ3v) is 2.98. The lowest BCUT2D eigenvalue weighted by Crippen LogP contribution is -2.29. The highest BCUT2D eigenvalue weighted by atomic mass is 16.5. The maximum atomic E-state index is 11.3. The summed E-state index contributed by atoms with van der Waals surface area (Å²) in [6.45, 7) is 6.40. The molecule has 1 rings (SSSR count). The highest BCUT2D eigenvalue weighted by Gasteiger charge is 2.33. The number of carbonyl (C=O) groups excluding carboxylic acids is 1. The minimum absolute atomic E-state index is 0.0840. The van der Waals surface area contributed by atoms with Crippen LogP contribution in [0.15, 0.2) is 0 Å². The lowest BCUT2D eigenvalue weighted by Gasteiger charge is -2.15. The first-order valence-electron chi connectivity index (χ1n) is 5.97. The fraction of sp³-hybridized carbons (Fsp3) is 0.917. The van der Waals surface area contributed by atoms with Gasteiger partial charge in [-0.3, -0.25) is 9.69 Å². The van der Waals surface area contributed by atoms with Crippen molar-refractivity contribution in [3.8, 4) is 0 Å². The van der Waals surface area contributed by atoms with E-state index < -0.39 is 0 Å². The van der Waals surface area contributed by atoms with Crippen LogP contribution in [0.5, 0.6) is 0 Å². The van der Waals surface area contributed by atoms with Gasteiger partial charge in [0.05, 0.1) is 13.2 Å². The minimum atomic E-state index is -0.0840. The van der Waals surface area contributed by atoms with Gasteiger partial charge in [-0.25, -0.2) is 0 Å². The zero-order valence-corrected chi connectivity index (χ0v) is 10.2. The van der Waals surface area contributed by atoms with Crippen LogP contribution in [0.4, 0.5) is 0 Å². The van der Waals surface area contributed by atoms with Gasteiger partial charge in [-0.15, -0.1) is 0 Å². The summed E-state index contributed by atoms with van der Waals surface area (Å²) in [5.41, 5.74) is 0. The summed E-state index contributed by atoms with van der Waals surface area (Å²) in [6.07, 6.45) is 3.35. The van der Waals surface area contributed by atoms with E-state index in [0.29, 0.717) is 13.2 Å². The van der Waals surface area contributed by atoms with Gasteiger partial charge in [0.15, 0.2) is 0 Å². The Morgan fingerprint density at radius 3 is 2.73 bits per heavy atom. The van der Waals surface area contributed by atoms with Crippen molar-refractivity contribution in [2.75, 3.05) is 26.7 Å². The Hall–Kier alpha value is -0.570. The van der Waals surface area contributed by atoms with Gasteiger partial charge < -0.3 is 4.74 Å². The summed E-state index contributed by atoms with van der Waals surface area (Å²) in [4.78, 5) is 13.4. The summed E-state index contributed by atoms with van der Waals surface area (Å²) >= 11 is 0. The number of unbranched alkanes of at least 4 members (excludes halogenated alkanes) is 1. The van der Waals surface area contributed by atoms with Crippen LogP contribution in [-0.2, 0) is 9.53 Å². The highest BCUT2D eigenvalue weighted by Crippen LogP contribution is 2.37. The van der Waals surface area contributed by atoms with Crippen LogP contribution in [0, 0.1) is 11.8 Å². The normalized spacial score (nSPS) is 24.3. The number of hydrogen-bond donors (Lipinski definition) is 0. The monoisotopic (exact) mass is 213 g/mol. The van der Waals surface area contributed by atoms with Crippen LogP contribution >= 0.6 is 0 Å². The molecule has 15 heavy (non-hydrogen) atoms. The third-order valence-electron chi connectivity index (χ3n) is 2.98. The molecule has 1 saturated carbocycles. The average molecular weight is 213 g/mol. The Morgan fingerprint density at radius 1 is 1.53 bits per heavy atom. The average Bonchev–Trinajstić information content (AvgIpc) is 2.81. The smallest absolute Gasteiger partial charge is 0.320 e. The van der Waals surface area contributed by atoms with Gasteiger partial charge in [0.2, 0.25) is 0 Å². The molecule has 3 heteroatoms. The maximum absolute atomic E-state index is 11.3.